The summed E-state index contributed by atoms with van der Waals surface area (Å²) in [5.74, 6) is 0.843. The zero-order valence-electron chi connectivity index (χ0n) is 10.0. The molecule has 0 aliphatic heterocycles. The van der Waals surface area contributed by atoms with Gasteiger partial charge in [-0.05, 0) is 32.1 Å². The van der Waals surface area contributed by atoms with Crippen LogP contribution >= 0.6 is 0 Å². The van der Waals surface area contributed by atoms with Crippen LogP contribution in [0.15, 0.2) is 0 Å². The minimum absolute atomic E-state index is 0.517. The van der Waals surface area contributed by atoms with Gasteiger partial charge in [0.15, 0.2) is 0 Å². The molecule has 0 aromatic rings. The molecule has 1 fully saturated rings. The van der Waals surface area contributed by atoms with E-state index < -0.39 is 0 Å². The van der Waals surface area contributed by atoms with Gasteiger partial charge in [-0.1, -0.05) is 20.3 Å². The first-order valence-electron chi connectivity index (χ1n) is 5.94. The van der Waals surface area contributed by atoms with Crippen molar-refractivity contribution in [2.75, 3.05) is 7.11 Å². The van der Waals surface area contributed by atoms with Gasteiger partial charge in [0.1, 0.15) is 0 Å². The number of ether oxygens (including phenoxy) is 1. The lowest BCUT2D eigenvalue weighted by atomic mass is 9.88. The third kappa shape index (κ3) is 3.58. The summed E-state index contributed by atoms with van der Waals surface area (Å²) in [7, 11) is 1.81. The van der Waals surface area contributed by atoms with Crippen LogP contribution in [0.1, 0.15) is 46.5 Å². The van der Waals surface area contributed by atoms with Gasteiger partial charge in [0.2, 0.25) is 0 Å². The summed E-state index contributed by atoms with van der Waals surface area (Å²) < 4.78 is 5.26. The summed E-state index contributed by atoms with van der Waals surface area (Å²) in [4.78, 5) is 0. The van der Waals surface area contributed by atoms with Crippen molar-refractivity contribution in [3.05, 3.63) is 0 Å². The molecule has 0 aromatic heterocycles. The van der Waals surface area contributed by atoms with Crippen LogP contribution in [-0.2, 0) is 4.74 Å². The van der Waals surface area contributed by atoms with E-state index in [1.165, 1.54) is 25.7 Å². The summed E-state index contributed by atoms with van der Waals surface area (Å²) in [5.41, 5.74) is 0. The first-order chi connectivity index (χ1) is 6.65. The second-order valence-corrected chi connectivity index (χ2v) is 4.84. The van der Waals surface area contributed by atoms with Crippen LogP contribution in [0.3, 0.4) is 0 Å². The van der Waals surface area contributed by atoms with Crippen molar-refractivity contribution >= 4 is 0 Å². The second kappa shape index (κ2) is 5.72. The smallest absolute Gasteiger partial charge is 0.0601 e. The monoisotopic (exact) mass is 199 g/mol. The lowest BCUT2D eigenvalue weighted by Gasteiger charge is -2.37. The van der Waals surface area contributed by atoms with Crippen LogP contribution in [0.4, 0.5) is 0 Å². The fourth-order valence-corrected chi connectivity index (χ4v) is 2.13. The highest BCUT2D eigenvalue weighted by molar-refractivity contribution is 4.87. The lowest BCUT2D eigenvalue weighted by Crippen LogP contribution is -2.48. The van der Waals surface area contributed by atoms with E-state index in [9.17, 15) is 0 Å². The average Bonchev–Trinajstić information content (AvgIpc) is 2.10. The van der Waals surface area contributed by atoms with E-state index in [0.29, 0.717) is 18.2 Å². The van der Waals surface area contributed by atoms with Gasteiger partial charge in [0.25, 0.3) is 0 Å². The van der Waals surface area contributed by atoms with Crippen molar-refractivity contribution in [2.45, 2.75) is 64.6 Å². The fraction of sp³-hybridized carbons (Fsp3) is 1.00. The molecule has 2 atom stereocenters. The predicted molar refractivity (Wildman–Crippen MR) is 60.5 cm³/mol. The maximum atomic E-state index is 5.26. The first-order valence-corrected chi connectivity index (χ1v) is 5.94. The quantitative estimate of drug-likeness (QED) is 0.710. The standard InChI is InChI=1S/C12H25NO/c1-5-9(2)6-10(3)13-11-7-12(8-11)14-4/h9-13H,5-8H2,1-4H3. The van der Waals surface area contributed by atoms with Gasteiger partial charge in [-0.3, -0.25) is 0 Å². The Morgan fingerprint density at radius 2 is 2.00 bits per heavy atom. The Hall–Kier alpha value is -0.0800. The molecule has 0 amide bonds. The number of hydrogen-bond donors (Lipinski definition) is 1. The molecule has 84 valence electrons. The van der Waals surface area contributed by atoms with E-state index in [-0.39, 0.29) is 0 Å². The van der Waals surface area contributed by atoms with Crippen LogP contribution in [0, 0.1) is 5.92 Å². The highest BCUT2D eigenvalue weighted by Crippen LogP contribution is 2.23. The van der Waals surface area contributed by atoms with Gasteiger partial charge in [-0.2, -0.15) is 0 Å². The summed E-state index contributed by atoms with van der Waals surface area (Å²) >= 11 is 0. The minimum Gasteiger partial charge on any atom is -0.381 e. The summed E-state index contributed by atoms with van der Waals surface area (Å²) in [6, 6.07) is 1.37. The molecular weight excluding hydrogens is 174 g/mol. The van der Waals surface area contributed by atoms with Crippen molar-refractivity contribution in [3.8, 4) is 0 Å². The van der Waals surface area contributed by atoms with Gasteiger partial charge >= 0.3 is 0 Å². The second-order valence-electron chi connectivity index (χ2n) is 4.84. The van der Waals surface area contributed by atoms with E-state index in [4.69, 9.17) is 4.74 Å². The van der Waals surface area contributed by atoms with Crippen molar-refractivity contribution in [1.82, 2.24) is 5.32 Å². The maximum Gasteiger partial charge on any atom is 0.0601 e. The number of nitrogens with one attached hydrogen (secondary N) is 1. The molecule has 0 saturated heterocycles. The predicted octanol–water partition coefficient (Wildman–Crippen LogP) is 2.58. The SMILES string of the molecule is CCC(C)CC(C)NC1CC(OC)C1. The Morgan fingerprint density at radius 1 is 1.36 bits per heavy atom. The lowest BCUT2D eigenvalue weighted by molar-refractivity contribution is 0.0141. The largest absolute Gasteiger partial charge is 0.381 e. The van der Waals surface area contributed by atoms with E-state index in [1.807, 2.05) is 7.11 Å². The van der Waals surface area contributed by atoms with E-state index in [0.717, 1.165) is 5.92 Å². The van der Waals surface area contributed by atoms with Crippen molar-refractivity contribution in [2.24, 2.45) is 5.92 Å². The summed E-state index contributed by atoms with van der Waals surface area (Å²) in [5, 5.41) is 3.67. The molecule has 2 nitrogen and oxygen atoms in total. The van der Waals surface area contributed by atoms with Crippen LogP contribution in [0.25, 0.3) is 0 Å². The Labute approximate surface area is 88.4 Å². The minimum atomic E-state index is 0.517. The molecule has 1 N–H and O–H groups in total. The molecule has 0 aromatic carbocycles. The molecule has 1 aliphatic rings. The summed E-state index contributed by atoms with van der Waals surface area (Å²) in [6.07, 6.45) is 5.49. The molecule has 0 bridgehead atoms. The third-order valence-electron chi connectivity index (χ3n) is 3.40. The summed E-state index contributed by atoms with van der Waals surface area (Å²) in [6.45, 7) is 6.89. The van der Waals surface area contributed by atoms with E-state index in [2.05, 4.69) is 26.1 Å². The van der Waals surface area contributed by atoms with Crippen molar-refractivity contribution < 1.29 is 4.74 Å². The normalized spacial score (nSPS) is 30.9. The van der Waals surface area contributed by atoms with Crippen LogP contribution in [-0.4, -0.2) is 25.3 Å². The van der Waals surface area contributed by atoms with Gasteiger partial charge in [0.05, 0.1) is 6.10 Å². The zero-order valence-corrected chi connectivity index (χ0v) is 10.0. The van der Waals surface area contributed by atoms with Crippen LogP contribution in [0.5, 0.6) is 0 Å². The molecule has 1 saturated carbocycles. The highest BCUT2D eigenvalue weighted by Gasteiger charge is 2.29. The van der Waals surface area contributed by atoms with Crippen molar-refractivity contribution in [3.63, 3.8) is 0 Å². The molecule has 1 aliphatic carbocycles. The van der Waals surface area contributed by atoms with Crippen molar-refractivity contribution in [1.29, 1.82) is 0 Å². The third-order valence-corrected chi connectivity index (χ3v) is 3.40. The molecule has 1 rings (SSSR count). The Balaban J connectivity index is 2.07. The molecule has 0 heterocycles. The van der Waals surface area contributed by atoms with Gasteiger partial charge in [0, 0.05) is 19.2 Å². The van der Waals surface area contributed by atoms with Crippen LogP contribution in [0.2, 0.25) is 0 Å². The number of methoxy groups -OCH3 is 1. The molecule has 2 heteroatoms. The van der Waals surface area contributed by atoms with E-state index in [1.54, 1.807) is 0 Å². The fourth-order valence-electron chi connectivity index (χ4n) is 2.13. The number of rotatable bonds is 6. The van der Waals surface area contributed by atoms with Crippen LogP contribution < -0.4 is 5.32 Å². The maximum absolute atomic E-state index is 5.26. The highest BCUT2D eigenvalue weighted by atomic mass is 16.5. The van der Waals surface area contributed by atoms with Gasteiger partial charge < -0.3 is 10.1 Å². The van der Waals surface area contributed by atoms with Gasteiger partial charge in [-0.25, -0.2) is 0 Å². The Kier molecular flexibility index (Phi) is 4.90. The zero-order chi connectivity index (χ0) is 10.6. The van der Waals surface area contributed by atoms with E-state index >= 15 is 0 Å². The van der Waals surface area contributed by atoms with Gasteiger partial charge in [-0.15, -0.1) is 0 Å². The first kappa shape index (κ1) is 12.0. The molecule has 0 radical (unpaired) electrons. The topological polar surface area (TPSA) is 21.3 Å². The molecule has 2 unspecified atom stereocenters. The number of hydrogen-bond acceptors (Lipinski definition) is 2. The Morgan fingerprint density at radius 3 is 2.50 bits per heavy atom. The molecule has 0 spiro atoms. The molecule has 14 heavy (non-hydrogen) atoms. The average molecular weight is 199 g/mol. The Bertz CT molecular complexity index is 154. The molecular formula is C12H25NO.